The van der Waals surface area contributed by atoms with E-state index in [2.05, 4.69) is 10.6 Å². The maximum atomic E-state index is 12.9. The first-order valence-electron chi connectivity index (χ1n) is 7.89. The summed E-state index contributed by atoms with van der Waals surface area (Å²) in [5.74, 6) is -1.51. The maximum Gasteiger partial charge on any atom is 0.243 e. The molecule has 1 rings (SSSR count). The van der Waals surface area contributed by atoms with Gasteiger partial charge in [0.25, 0.3) is 0 Å². The third-order valence-electron chi connectivity index (χ3n) is 3.66. The molecule has 140 valence electrons. The van der Waals surface area contributed by atoms with Crippen LogP contribution in [-0.4, -0.2) is 50.2 Å². The molecular weight excluding hydrogens is 349 g/mol. The zero-order chi connectivity index (χ0) is 19.2. The SMILES string of the molecule is CCC(C)NC(=O)C(C)NC(=O)CN(C)S(=O)(=O)c1ccc(F)cc1. The summed E-state index contributed by atoms with van der Waals surface area (Å²) in [7, 11) is -2.69. The standard InChI is InChI=1S/C16H24FN3O4S/c1-5-11(2)18-16(22)12(3)19-15(21)10-20(4)25(23,24)14-8-6-13(17)7-9-14/h6-9,11-12H,5,10H2,1-4H3,(H,18,22)(H,19,21). The molecule has 0 spiro atoms. The van der Waals surface area contributed by atoms with Crippen LogP contribution in [0.2, 0.25) is 0 Å². The van der Waals surface area contributed by atoms with Crippen molar-refractivity contribution >= 4 is 21.8 Å². The summed E-state index contributed by atoms with van der Waals surface area (Å²) in [6, 6.07) is 3.50. The van der Waals surface area contributed by atoms with E-state index in [1.165, 1.54) is 14.0 Å². The van der Waals surface area contributed by atoms with Crippen LogP contribution < -0.4 is 10.6 Å². The smallest absolute Gasteiger partial charge is 0.243 e. The van der Waals surface area contributed by atoms with Gasteiger partial charge in [0.05, 0.1) is 11.4 Å². The van der Waals surface area contributed by atoms with Crippen molar-refractivity contribution in [2.45, 2.75) is 44.2 Å². The second kappa shape index (κ2) is 8.91. The molecule has 0 saturated heterocycles. The second-order valence-electron chi connectivity index (χ2n) is 5.82. The van der Waals surface area contributed by atoms with Crippen molar-refractivity contribution in [1.29, 1.82) is 0 Å². The van der Waals surface area contributed by atoms with Gasteiger partial charge in [0.15, 0.2) is 0 Å². The summed E-state index contributed by atoms with van der Waals surface area (Å²) in [5.41, 5.74) is 0. The van der Waals surface area contributed by atoms with E-state index in [0.29, 0.717) is 0 Å². The number of carbonyl (C=O) groups excluding carboxylic acids is 2. The second-order valence-corrected chi connectivity index (χ2v) is 7.87. The lowest BCUT2D eigenvalue weighted by Gasteiger charge is -2.20. The van der Waals surface area contributed by atoms with Crippen LogP contribution in [0, 0.1) is 5.82 Å². The van der Waals surface area contributed by atoms with Crippen LogP contribution in [0.3, 0.4) is 0 Å². The molecule has 0 bridgehead atoms. The predicted molar refractivity (Wildman–Crippen MR) is 91.7 cm³/mol. The van der Waals surface area contributed by atoms with Gasteiger partial charge in [0.2, 0.25) is 21.8 Å². The van der Waals surface area contributed by atoms with E-state index in [4.69, 9.17) is 0 Å². The first kappa shape index (κ1) is 21.0. The molecule has 0 radical (unpaired) electrons. The first-order chi connectivity index (χ1) is 11.6. The first-order valence-corrected chi connectivity index (χ1v) is 9.33. The Morgan fingerprint density at radius 2 is 1.72 bits per heavy atom. The lowest BCUT2D eigenvalue weighted by atomic mass is 10.2. The van der Waals surface area contributed by atoms with Gasteiger partial charge in [-0.25, -0.2) is 12.8 Å². The molecule has 0 aliphatic heterocycles. The van der Waals surface area contributed by atoms with Crippen molar-refractivity contribution in [2.75, 3.05) is 13.6 Å². The van der Waals surface area contributed by atoms with Crippen LogP contribution in [-0.2, 0) is 19.6 Å². The van der Waals surface area contributed by atoms with Crippen molar-refractivity contribution in [3.63, 3.8) is 0 Å². The number of nitrogens with one attached hydrogen (secondary N) is 2. The minimum atomic E-state index is -3.92. The van der Waals surface area contributed by atoms with Gasteiger partial charge in [-0.1, -0.05) is 6.92 Å². The maximum absolute atomic E-state index is 12.9. The minimum Gasteiger partial charge on any atom is -0.352 e. The number of halogens is 1. The Bertz CT molecular complexity index is 707. The molecule has 2 unspecified atom stereocenters. The van der Waals surface area contributed by atoms with E-state index < -0.39 is 34.3 Å². The molecule has 0 fully saturated rings. The van der Waals surface area contributed by atoms with Crippen LogP contribution in [0.5, 0.6) is 0 Å². The lowest BCUT2D eigenvalue weighted by Crippen LogP contribution is -2.49. The van der Waals surface area contributed by atoms with Crippen molar-refractivity contribution in [2.24, 2.45) is 0 Å². The Morgan fingerprint density at radius 1 is 1.16 bits per heavy atom. The molecule has 2 atom stereocenters. The molecule has 1 aromatic carbocycles. The molecular formula is C16H24FN3O4S. The third-order valence-corrected chi connectivity index (χ3v) is 5.48. The van der Waals surface area contributed by atoms with Gasteiger partial charge < -0.3 is 10.6 Å². The third kappa shape index (κ3) is 6.09. The molecule has 2 amide bonds. The number of likely N-dealkylation sites (N-methyl/N-ethyl adjacent to an activating group) is 1. The Kier molecular flexibility index (Phi) is 7.50. The topological polar surface area (TPSA) is 95.6 Å². The molecule has 0 heterocycles. The van der Waals surface area contributed by atoms with Gasteiger partial charge in [0, 0.05) is 13.1 Å². The van der Waals surface area contributed by atoms with Gasteiger partial charge in [-0.2, -0.15) is 4.31 Å². The highest BCUT2D eigenvalue weighted by Crippen LogP contribution is 2.14. The largest absolute Gasteiger partial charge is 0.352 e. The molecule has 1 aromatic rings. The summed E-state index contributed by atoms with van der Waals surface area (Å²) >= 11 is 0. The fourth-order valence-electron chi connectivity index (χ4n) is 1.90. The fraction of sp³-hybridized carbons (Fsp3) is 0.500. The van der Waals surface area contributed by atoms with Gasteiger partial charge in [-0.3, -0.25) is 9.59 Å². The Morgan fingerprint density at radius 3 is 2.24 bits per heavy atom. The summed E-state index contributed by atoms with van der Waals surface area (Å²) in [6.07, 6.45) is 0.755. The normalized spacial score (nSPS) is 14.0. The Labute approximate surface area is 147 Å². The van der Waals surface area contributed by atoms with Crippen molar-refractivity contribution < 1.29 is 22.4 Å². The number of hydrogen-bond acceptors (Lipinski definition) is 4. The summed E-state index contributed by atoms with van der Waals surface area (Å²) in [4.78, 5) is 23.8. The highest BCUT2D eigenvalue weighted by atomic mass is 32.2. The van der Waals surface area contributed by atoms with Gasteiger partial charge in [-0.15, -0.1) is 0 Å². The average Bonchev–Trinajstić information content (AvgIpc) is 2.54. The highest BCUT2D eigenvalue weighted by molar-refractivity contribution is 7.89. The molecule has 9 heteroatoms. The van der Waals surface area contributed by atoms with Crippen molar-refractivity contribution in [3.8, 4) is 0 Å². The van der Waals surface area contributed by atoms with Crippen LogP contribution in [0.4, 0.5) is 4.39 Å². The number of rotatable bonds is 8. The number of amides is 2. The van der Waals surface area contributed by atoms with E-state index in [1.54, 1.807) is 0 Å². The van der Waals surface area contributed by atoms with Crippen LogP contribution in [0.1, 0.15) is 27.2 Å². The van der Waals surface area contributed by atoms with Gasteiger partial charge >= 0.3 is 0 Å². The molecule has 0 saturated carbocycles. The summed E-state index contributed by atoms with van der Waals surface area (Å²) in [5, 5.41) is 5.18. The predicted octanol–water partition coefficient (Wildman–Crippen LogP) is 0.866. The molecule has 25 heavy (non-hydrogen) atoms. The van der Waals surface area contributed by atoms with E-state index in [0.717, 1.165) is 35.0 Å². The van der Waals surface area contributed by atoms with Crippen LogP contribution in [0.25, 0.3) is 0 Å². The molecule has 2 N–H and O–H groups in total. The quantitative estimate of drug-likeness (QED) is 0.707. The Hall–Kier alpha value is -2.00. The van der Waals surface area contributed by atoms with Crippen molar-refractivity contribution in [1.82, 2.24) is 14.9 Å². The number of nitrogens with zero attached hydrogens (tertiary/aromatic N) is 1. The summed E-state index contributed by atoms with van der Waals surface area (Å²) in [6.45, 7) is 4.82. The molecule has 0 aliphatic carbocycles. The van der Waals surface area contributed by atoms with E-state index in [9.17, 15) is 22.4 Å². The van der Waals surface area contributed by atoms with Gasteiger partial charge in [0.1, 0.15) is 11.9 Å². The average molecular weight is 373 g/mol. The minimum absolute atomic E-state index is 0.0200. The highest BCUT2D eigenvalue weighted by Gasteiger charge is 2.24. The van der Waals surface area contributed by atoms with Crippen LogP contribution in [0.15, 0.2) is 29.2 Å². The number of carbonyl (C=O) groups is 2. The zero-order valence-corrected chi connectivity index (χ0v) is 15.6. The molecule has 7 nitrogen and oxygen atoms in total. The van der Waals surface area contributed by atoms with E-state index >= 15 is 0 Å². The number of hydrogen-bond donors (Lipinski definition) is 2. The molecule has 0 aliphatic rings. The van der Waals surface area contributed by atoms with E-state index in [-0.39, 0.29) is 16.8 Å². The lowest BCUT2D eigenvalue weighted by molar-refractivity contribution is -0.128. The van der Waals surface area contributed by atoms with E-state index in [1.807, 2.05) is 13.8 Å². The number of benzene rings is 1. The monoisotopic (exact) mass is 373 g/mol. The fourth-order valence-corrected chi connectivity index (χ4v) is 3.02. The zero-order valence-electron chi connectivity index (χ0n) is 14.7. The van der Waals surface area contributed by atoms with Gasteiger partial charge in [-0.05, 0) is 44.5 Å². The summed E-state index contributed by atoms with van der Waals surface area (Å²) < 4.78 is 38.4. The number of sulfonamides is 1. The Balaban J connectivity index is 2.66. The van der Waals surface area contributed by atoms with Crippen molar-refractivity contribution in [3.05, 3.63) is 30.1 Å². The van der Waals surface area contributed by atoms with Crippen LogP contribution >= 0.6 is 0 Å². The molecule has 0 aromatic heterocycles.